The highest BCUT2D eigenvalue weighted by Crippen LogP contribution is 2.39. The Balaban J connectivity index is 3.05. The van der Waals surface area contributed by atoms with Gasteiger partial charge in [-0.1, -0.05) is 13.8 Å². The third kappa shape index (κ3) is 3.77. The van der Waals surface area contributed by atoms with Crippen LogP contribution in [-0.2, 0) is 0 Å². The molecule has 20 heavy (non-hydrogen) atoms. The van der Waals surface area contributed by atoms with E-state index in [-0.39, 0.29) is 6.04 Å². The molecule has 0 radical (unpaired) electrons. The predicted molar refractivity (Wildman–Crippen MR) is 80.8 cm³/mol. The minimum Gasteiger partial charge on any atom is -0.493 e. The molecular formula is C15H26N2O3. The fourth-order valence-electron chi connectivity index (χ4n) is 2.18. The van der Waals surface area contributed by atoms with Crippen molar-refractivity contribution in [2.75, 3.05) is 41.0 Å². The molecule has 0 fully saturated rings. The van der Waals surface area contributed by atoms with Gasteiger partial charge in [-0.3, -0.25) is 0 Å². The number of hydrogen-bond donors (Lipinski definition) is 1. The second-order valence-electron chi connectivity index (χ2n) is 4.55. The summed E-state index contributed by atoms with van der Waals surface area (Å²) in [6.45, 7) is 7.02. The van der Waals surface area contributed by atoms with Crippen molar-refractivity contribution in [1.29, 1.82) is 0 Å². The standard InChI is InChI=1S/C15H26N2O3/c1-6-17(7-2)10-12(16)11-8-13(18-3)15(20-5)14(9-11)19-4/h8-9,12H,6-7,10,16H2,1-5H3. The molecule has 2 N–H and O–H groups in total. The lowest BCUT2D eigenvalue weighted by Gasteiger charge is -2.24. The van der Waals surface area contributed by atoms with Crippen molar-refractivity contribution in [3.05, 3.63) is 17.7 Å². The number of benzene rings is 1. The molecule has 0 saturated carbocycles. The summed E-state index contributed by atoms with van der Waals surface area (Å²) < 4.78 is 16.0. The molecule has 114 valence electrons. The molecular weight excluding hydrogens is 256 g/mol. The number of hydrogen-bond acceptors (Lipinski definition) is 5. The van der Waals surface area contributed by atoms with E-state index in [1.165, 1.54) is 0 Å². The second kappa shape index (κ2) is 7.97. The topological polar surface area (TPSA) is 57.0 Å². The molecule has 0 aliphatic carbocycles. The van der Waals surface area contributed by atoms with E-state index < -0.39 is 0 Å². The molecule has 1 atom stereocenters. The van der Waals surface area contributed by atoms with Crippen LogP contribution in [0.2, 0.25) is 0 Å². The summed E-state index contributed by atoms with van der Waals surface area (Å²) in [5, 5.41) is 0. The minimum atomic E-state index is -0.0939. The van der Waals surface area contributed by atoms with Crippen molar-refractivity contribution in [3.63, 3.8) is 0 Å². The van der Waals surface area contributed by atoms with E-state index in [0.29, 0.717) is 17.2 Å². The van der Waals surface area contributed by atoms with Gasteiger partial charge in [0.15, 0.2) is 11.5 Å². The van der Waals surface area contributed by atoms with Gasteiger partial charge in [-0.05, 0) is 30.8 Å². The molecule has 5 nitrogen and oxygen atoms in total. The summed E-state index contributed by atoms with van der Waals surface area (Å²) in [4.78, 5) is 2.29. The highest BCUT2D eigenvalue weighted by Gasteiger charge is 2.17. The Morgan fingerprint density at radius 1 is 1.00 bits per heavy atom. The van der Waals surface area contributed by atoms with Gasteiger partial charge in [0, 0.05) is 12.6 Å². The molecule has 0 bridgehead atoms. The Bertz CT molecular complexity index is 395. The normalized spacial score (nSPS) is 12.3. The number of rotatable bonds is 8. The van der Waals surface area contributed by atoms with Gasteiger partial charge in [0.2, 0.25) is 5.75 Å². The summed E-state index contributed by atoms with van der Waals surface area (Å²) in [5.74, 6) is 1.86. The van der Waals surface area contributed by atoms with Crippen LogP contribution in [0.4, 0.5) is 0 Å². The first-order valence-electron chi connectivity index (χ1n) is 6.88. The number of methoxy groups -OCH3 is 3. The molecule has 1 unspecified atom stereocenters. The van der Waals surface area contributed by atoms with Crippen LogP contribution in [0.5, 0.6) is 17.2 Å². The summed E-state index contributed by atoms with van der Waals surface area (Å²) in [6.07, 6.45) is 0. The Morgan fingerprint density at radius 3 is 1.85 bits per heavy atom. The highest BCUT2D eigenvalue weighted by molar-refractivity contribution is 5.54. The summed E-state index contributed by atoms with van der Waals surface area (Å²) in [6, 6.07) is 3.73. The Kier molecular flexibility index (Phi) is 6.61. The van der Waals surface area contributed by atoms with Crippen molar-refractivity contribution in [1.82, 2.24) is 4.90 Å². The first-order valence-corrected chi connectivity index (χ1v) is 6.88. The number of nitrogens with two attached hydrogens (primary N) is 1. The first kappa shape index (κ1) is 16.6. The quantitative estimate of drug-likeness (QED) is 0.791. The molecule has 1 rings (SSSR count). The largest absolute Gasteiger partial charge is 0.493 e. The van der Waals surface area contributed by atoms with Crippen LogP contribution >= 0.6 is 0 Å². The number of likely N-dealkylation sites (N-methyl/N-ethyl adjacent to an activating group) is 1. The third-order valence-corrected chi connectivity index (χ3v) is 3.46. The summed E-state index contributed by atoms with van der Waals surface area (Å²) >= 11 is 0. The number of ether oxygens (including phenoxy) is 3. The average Bonchev–Trinajstić information content (AvgIpc) is 2.50. The molecule has 0 spiro atoms. The Hall–Kier alpha value is -1.46. The van der Waals surface area contributed by atoms with Crippen LogP contribution in [0.25, 0.3) is 0 Å². The predicted octanol–water partition coefficient (Wildman–Crippen LogP) is 2.05. The zero-order valence-corrected chi connectivity index (χ0v) is 13.1. The van der Waals surface area contributed by atoms with Gasteiger partial charge in [-0.2, -0.15) is 0 Å². The molecule has 0 aromatic heterocycles. The zero-order chi connectivity index (χ0) is 15.1. The van der Waals surface area contributed by atoms with Gasteiger partial charge in [0.05, 0.1) is 21.3 Å². The van der Waals surface area contributed by atoms with Crippen LogP contribution < -0.4 is 19.9 Å². The van der Waals surface area contributed by atoms with Gasteiger partial charge in [0.25, 0.3) is 0 Å². The van der Waals surface area contributed by atoms with Crippen LogP contribution in [-0.4, -0.2) is 45.9 Å². The van der Waals surface area contributed by atoms with E-state index in [4.69, 9.17) is 19.9 Å². The maximum absolute atomic E-state index is 6.29. The maximum atomic E-state index is 6.29. The lowest BCUT2D eigenvalue weighted by molar-refractivity contribution is 0.283. The van der Waals surface area contributed by atoms with Gasteiger partial charge >= 0.3 is 0 Å². The third-order valence-electron chi connectivity index (χ3n) is 3.46. The minimum absolute atomic E-state index is 0.0939. The molecule has 1 aromatic carbocycles. The summed E-state index contributed by atoms with van der Waals surface area (Å²) in [7, 11) is 4.81. The molecule has 0 aliphatic rings. The van der Waals surface area contributed by atoms with Crippen LogP contribution in [0.15, 0.2) is 12.1 Å². The van der Waals surface area contributed by atoms with E-state index in [1.807, 2.05) is 12.1 Å². The van der Waals surface area contributed by atoms with E-state index in [1.54, 1.807) is 21.3 Å². The number of nitrogens with zero attached hydrogens (tertiary/aromatic N) is 1. The van der Waals surface area contributed by atoms with Crippen molar-refractivity contribution < 1.29 is 14.2 Å². The fraction of sp³-hybridized carbons (Fsp3) is 0.600. The van der Waals surface area contributed by atoms with Crippen molar-refractivity contribution >= 4 is 0 Å². The maximum Gasteiger partial charge on any atom is 0.203 e. The van der Waals surface area contributed by atoms with Crippen LogP contribution in [0.3, 0.4) is 0 Å². The first-order chi connectivity index (χ1) is 9.60. The van der Waals surface area contributed by atoms with Gasteiger partial charge in [-0.25, -0.2) is 0 Å². The molecule has 0 amide bonds. The summed E-state index contributed by atoms with van der Waals surface area (Å²) in [5.41, 5.74) is 7.27. The SMILES string of the molecule is CCN(CC)CC(N)c1cc(OC)c(OC)c(OC)c1. The van der Waals surface area contributed by atoms with Crippen LogP contribution in [0, 0.1) is 0 Å². The second-order valence-corrected chi connectivity index (χ2v) is 4.55. The smallest absolute Gasteiger partial charge is 0.203 e. The Morgan fingerprint density at radius 2 is 1.50 bits per heavy atom. The van der Waals surface area contributed by atoms with E-state index >= 15 is 0 Å². The fourth-order valence-corrected chi connectivity index (χ4v) is 2.18. The highest BCUT2D eigenvalue weighted by atomic mass is 16.5. The van der Waals surface area contributed by atoms with Crippen molar-refractivity contribution in [2.45, 2.75) is 19.9 Å². The van der Waals surface area contributed by atoms with E-state index in [0.717, 1.165) is 25.2 Å². The molecule has 0 aliphatic heterocycles. The molecule has 0 heterocycles. The molecule has 5 heteroatoms. The van der Waals surface area contributed by atoms with Crippen LogP contribution in [0.1, 0.15) is 25.5 Å². The van der Waals surface area contributed by atoms with Crippen molar-refractivity contribution in [3.8, 4) is 17.2 Å². The average molecular weight is 282 g/mol. The lowest BCUT2D eigenvalue weighted by Crippen LogP contribution is -2.32. The van der Waals surface area contributed by atoms with E-state index in [2.05, 4.69) is 18.7 Å². The monoisotopic (exact) mass is 282 g/mol. The molecule has 1 aromatic rings. The van der Waals surface area contributed by atoms with Crippen molar-refractivity contribution in [2.24, 2.45) is 5.73 Å². The molecule has 0 saturated heterocycles. The Labute approximate surface area is 121 Å². The lowest BCUT2D eigenvalue weighted by atomic mass is 10.1. The van der Waals surface area contributed by atoms with Gasteiger partial charge in [0.1, 0.15) is 0 Å². The van der Waals surface area contributed by atoms with Gasteiger partial charge in [-0.15, -0.1) is 0 Å². The van der Waals surface area contributed by atoms with E-state index in [9.17, 15) is 0 Å². The zero-order valence-electron chi connectivity index (χ0n) is 13.1. The van der Waals surface area contributed by atoms with Gasteiger partial charge < -0.3 is 24.8 Å².